The number of nitrogens with zero attached hydrogens (tertiary/aromatic N) is 1. The minimum atomic E-state index is -0.118. The van der Waals surface area contributed by atoms with Gasteiger partial charge in [0.1, 0.15) is 5.52 Å². The van der Waals surface area contributed by atoms with E-state index in [0.717, 1.165) is 31.3 Å². The van der Waals surface area contributed by atoms with Crippen LogP contribution in [0, 0.1) is 0 Å². The van der Waals surface area contributed by atoms with Crippen molar-refractivity contribution in [2.75, 3.05) is 12.3 Å². The van der Waals surface area contributed by atoms with Gasteiger partial charge in [-0.2, -0.15) is 0 Å². The molecule has 1 atom stereocenters. The van der Waals surface area contributed by atoms with Gasteiger partial charge in [0.25, 0.3) is 5.22 Å². The van der Waals surface area contributed by atoms with Crippen molar-refractivity contribution in [3.8, 4) is 0 Å². The van der Waals surface area contributed by atoms with Gasteiger partial charge in [0, 0.05) is 12.2 Å². The molecule has 0 bridgehead atoms. The van der Waals surface area contributed by atoms with Crippen molar-refractivity contribution in [3.05, 3.63) is 18.2 Å². The van der Waals surface area contributed by atoms with E-state index in [0.29, 0.717) is 16.5 Å². The number of carbonyl (C=O) groups is 1. The summed E-state index contributed by atoms with van der Waals surface area (Å²) in [6.07, 6.45) is 2.94. The van der Waals surface area contributed by atoms with Gasteiger partial charge >= 0.3 is 0 Å². The van der Waals surface area contributed by atoms with Crippen molar-refractivity contribution in [1.82, 2.24) is 10.3 Å². The van der Waals surface area contributed by atoms with E-state index in [-0.39, 0.29) is 11.2 Å². The van der Waals surface area contributed by atoms with E-state index >= 15 is 0 Å². The second-order valence-electron chi connectivity index (χ2n) is 4.60. The maximum absolute atomic E-state index is 11.9. The highest BCUT2D eigenvalue weighted by Gasteiger charge is 2.24. The Bertz CT molecular complexity index is 611. The van der Waals surface area contributed by atoms with Crippen LogP contribution in [0.5, 0.6) is 0 Å². The molecule has 1 aliphatic heterocycles. The number of thioether (sulfide) groups is 1. The summed E-state index contributed by atoms with van der Waals surface area (Å²) >= 11 is 1.39. The third kappa shape index (κ3) is 2.68. The number of nitrogen functional groups attached to an aromatic ring is 1. The summed E-state index contributed by atoms with van der Waals surface area (Å²) in [6.45, 7) is 0.764. The molecule has 0 spiro atoms. The number of hydrogen-bond acceptors (Lipinski definition) is 5. The number of nitrogens with two attached hydrogens (primary N) is 1. The lowest BCUT2D eigenvalue weighted by Crippen LogP contribution is -2.30. The smallest absolute Gasteiger partial charge is 0.257 e. The first-order valence-corrected chi connectivity index (χ1v) is 7.21. The van der Waals surface area contributed by atoms with E-state index in [9.17, 15) is 4.79 Å². The van der Waals surface area contributed by atoms with Crippen molar-refractivity contribution >= 4 is 34.5 Å². The van der Waals surface area contributed by atoms with E-state index in [1.165, 1.54) is 11.8 Å². The average Bonchev–Trinajstić information content (AvgIpc) is 2.66. The van der Waals surface area contributed by atoms with Gasteiger partial charge < -0.3 is 15.5 Å². The van der Waals surface area contributed by atoms with Crippen LogP contribution >= 0.6 is 11.8 Å². The van der Waals surface area contributed by atoms with Crippen LogP contribution < -0.4 is 11.1 Å². The molecule has 1 aromatic carbocycles. The summed E-state index contributed by atoms with van der Waals surface area (Å²) < 4.78 is 5.63. The maximum atomic E-state index is 11.9. The number of benzene rings is 1. The van der Waals surface area contributed by atoms with E-state index in [4.69, 9.17) is 10.2 Å². The maximum Gasteiger partial charge on any atom is 0.257 e. The van der Waals surface area contributed by atoms with Crippen molar-refractivity contribution < 1.29 is 9.21 Å². The molecular weight excluding hydrogens is 262 g/mol. The van der Waals surface area contributed by atoms with Gasteiger partial charge in [-0.15, -0.1) is 0 Å². The lowest BCUT2D eigenvalue weighted by Gasteiger charge is -2.09. The second-order valence-corrected chi connectivity index (χ2v) is 5.75. The predicted molar refractivity (Wildman–Crippen MR) is 74.9 cm³/mol. The highest BCUT2D eigenvalue weighted by Crippen LogP contribution is 2.30. The van der Waals surface area contributed by atoms with Crippen LogP contribution in [-0.2, 0) is 4.79 Å². The van der Waals surface area contributed by atoms with Crippen LogP contribution in [0.15, 0.2) is 27.8 Å². The van der Waals surface area contributed by atoms with E-state index in [1.807, 2.05) is 0 Å². The number of amides is 1. The molecule has 5 nitrogen and oxygen atoms in total. The Labute approximate surface area is 114 Å². The molecule has 0 saturated carbocycles. The second kappa shape index (κ2) is 5.13. The van der Waals surface area contributed by atoms with Crippen LogP contribution in [0.4, 0.5) is 5.69 Å². The lowest BCUT2D eigenvalue weighted by atomic mass is 10.2. The molecule has 100 valence electrons. The molecule has 2 aromatic rings. The summed E-state index contributed by atoms with van der Waals surface area (Å²) in [5.74, 6) is 0.0734. The first-order chi connectivity index (χ1) is 9.22. The Morgan fingerprint density at radius 2 is 2.32 bits per heavy atom. The number of aromatic nitrogens is 1. The van der Waals surface area contributed by atoms with Crippen molar-refractivity contribution in [3.63, 3.8) is 0 Å². The summed E-state index contributed by atoms with van der Waals surface area (Å²) in [7, 11) is 0. The number of hydrogen-bond donors (Lipinski definition) is 2. The number of rotatable bonds is 2. The molecular formula is C13H15N3O2S. The number of nitrogens with one attached hydrogen (secondary N) is 1. The number of anilines is 1. The lowest BCUT2D eigenvalue weighted by molar-refractivity contribution is -0.120. The highest BCUT2D eigenvalue weighted by molar-refractivity contribution is 8.00. The van der Waals surface area contributed by atoms with Gasteiger partial charge in [0.2, 0.25) is 5.91 Å². The van der Waals surface area contributed by atoms with Gasteiger partial charge in [-0.3, -0.25) is 4.79 Å². The van der Waals surface area contributed by atoms with Gasteiger partial charge in [0.05, 0.1) is 5.25 Å². The number of fused-ring (bicyclic) bond motifs is 1. The van der Waals surface area contributed by atoms with Crippen molar-refractivity contribution in [2.24, 2.45) is 0 Å². The zero-order valence-electron chi connectivity index (χ0n) is 10.4. The van der Waals surface area contributed by atoms with Crippen LogP contribution in [0.3, 0.4) is 0 Å². The summed E-state index contributed by atoms with van der Waals surface area (Å²) in [5, 5.41) is 3.32. The Hall–Kier alpha value is -1.69. The fourth-order valence-electron chi connectivity index (χ4n) is 2.12. The zero-order valence-corrected chi connectivity index (χ0v) is 11.2. The van der Waals surface area contributed by atoms with Crippen LogP contribution in [0.1, 0.15) is 19.3 Å². The van der Waals surface area contributed by atoms with Crippen molar-refractivity contribution in [2.45, 2.75) is 29.7 Å². The third-order valence-electron chi connectivity index (χ3n) is 3.12. The Morgan fingerprint density at radius 3 is 3.21 bits per heavy atom. The molecule has 19 heavy (non-hydrogen) atoms. The third-order valence-corrected chi connectivity index (χ3v) is 4.23. The molecule has 1 saturated heterocycles. The zero-order chi connectivity index (χ0) is 13.2. The first-order valence-electron chi connectivity index (χ1n) is 6.33. The van der Waals surface area contributed by atoms with Crippen molar-refractivity contribution in [1.29, 1.82) is 0 Å². The molecule has 1 fully saturated rings. The fraction of sp³-hybridized carbons (Fsp3) is 0.385. The van der Waals surface area contributed by atoms with Gasteiger partial charge in [0.15, 0.2) is 5.58 Å². The molecule has 0 radical (unpaired) electrons. The molecule has 1 aromatic heterocycles. The Kier molecular flexibility index (Phi) is 3.33. The highest BCUT2D eigenvalue weighted by atomic mass is 32.2. The minimum absolute atomic E-state index is 0.0734. The molecule has 3 rings (SSSR count). The molecule has 1 aliphatic rings. The van der Waals surface area contributed by atoms with Gasteiger partial charge in [-0.25, -0.2) is 4.98 Å². The van der Waals surface area contributed by atoms with E-state index < -0.39 is 0 Å². The van der Waals surface area contributed by atoms with E-state index in [1.54, 1.807) is 18.2 Å². The summed E-state index contributed by atoms with van der Waals surface area (Å²) in [6, 6.07) is 5.35. The van der Waals surface area contributed by atoms with Crippen LogP contribution in [-0.4, -0.2) is 22.7 Å². The standard InChI is InChI=1S/C13H15N3O2S/c14-8-4-5-10-9(7-8)16-13(18-10)19-11-3-1-2-6-15-12(11)17/h4-5,7,11H,1-3,6,14H2,(H,15,17). The number of carbonyl (C=O) groups excluding carboxylic acids is 1. The number of oxazole rings is 1. The largest absolute Gasteiger partial charge is 0.431 e. The molecule has 1 unspecified atom stereocenters. The minimum Gasteiger partial charge on any atom is -0.431 e. The van der Waals surface area contributed by atoms with Gasteiger partial charge in [-0.1, -0.05) is 18.2 Å². The average molecular weight is 277 g/mol. The van der Waals surface area contributed by atoms with Crippen LogP contribution in [0.25, 0.3) is 11.1 Å². The Morgan fingerprint density at radius 1 is 1.42 bits per heavy atom. The monoisotopic (exact) mass is 277 g/mol. The van der Waals surface area contributed by atoms with Crippen LogP contribution in [0.2, 0.25) is 0 Å². The normalized spacial score (nSPS) is 20.2. The Balaban J connectivity index is 1.82. The summed E-state index contributed by atoms with van der Waals surface area (Å²) in [5.41, 5.74) is 7.80. The quantitative estimate of drug-likeness (QED) is 0.822. The molecule has 0 aliphatic carbocycles. The molecule has 2 heterocycles. The first kappa shape index (κ1) is 12.3. The SMILES string of the molecule is Nc1ccc2oc(SC3CCCCNC3=O)nc2c1. The summed E-state index contributed by atoms with van der Waals surface area (Å²) in [4.78, 5) is 16.2. The van der Waals surface area contributed by atoms with E-state index in [2.05, 4.69) is 10.3 Å². The molecule has 6 heteroatoms. The topological polar surface area (TPSA) is 81.1 Å². The molecule has 3 N–H and O–H groups in total. The predicted octanol–water partition coefficient (Wildman–Crippen LogP) is 2.17. The van der Waals surface area contributed by atoms with Gasteiger partial charge in [-0.05, 0) is 31.0 Å². The fourth-order valence-corrected chi connectivity index (χ4v) is 3.13. The molecule has 1 amide bonds.